The second kappa shape index (κ2) is 6.26. The fourth-order valence-electron chi connectivity index (χ4n) is 3.04. The molecular weight excluding hydrogens is 318 g/mol. The molecule has 0 amide bonds. The van der Waals surface area contributed by atoms with Gasteiger partial charge in [0.25, 0.3) is 0 Å². The lowest BCUT2D eigenvalue weighted by atomic mass is 10.0. The monoisotopic (exact) mass is 339 g/mol. The molecule has 0 spiro atoms. The van der Waals surface area contributed by atoms with Gasteiger partial charge >= 0.3 is 0 Å². The van der Waals surface area contributed by atoms with Crippen LogP contribution in [0.3, 0.4) is 0 Å². The predicted octanol–water partition coefficient (Wildman–Crippen LogP) is -0.284. The number of tetrazole rings is 1. The highest BCUT2D eigenvalue weighted by molar-refractivity contribution is 7.90. The van der Waals surface area contributed by atoms with Crippen molar-refractivity contribution in [1.82, 2.24) is 30.0 Å². The molecule has 126 valence electrons. The number of anilines is 1. The lowest BCUT2D eigenvalue weighted by Crippen LogP contribution is -2.39. The number of sulfone groups is 1. The van der Waals surface area contributed by atoms with Gasteiger partial charge in [-0.05, 0) is 35.3 Å². The fraction of sp³-hybridized carbons (Fsp3) is 0.692. The Morgan fingerprint density at radius 1 is 1.39 bits per heavy atom. The third-order valence-corrected chi connectivity index (χ3v) is 5.01. The molecule has 1 aliphatic rings. The molecular formula is C13H21N7O2S. The second-order valence-corrected chi connectivity index (χ2v) is 8.35. The van der Waals surface area contributed by atoms with E-state index < -0.39 is 9.84 Å². The minimum absolute atomic E-state index is 0.124. The number of nitrogens with zero attached hydrogens (tertiary/aromatic N) is 7. The average Bonchev–Trinajstić information content (AvgIpc) is 3.07. The van der Waals surface area contributed by atoms with Crippen LogP contribution in [-0.2, 0) is 23.4 Å². The molecule has 2 aromatic heterocycles. The van der Waals surface area contributed by atoms with Crippen LogP contribution in [0.25, 0.3) is 0 Å². The van der Waals surface area contributed by atoms with E-state index in [1.54, 1.807) is 9.36 Å². The lowest BCUT2D eigenvalue weighted by Gasteiger charge is -2.32. The van der Waals surface area contributed by atoms with Crippen molar-refractivity contribution in [1.29, 1.82) is 0 Å². The zero-order valence-corrected chi connectivity index (χ0v) is 14.1. The number of aromatic nitrogens is 6. The van der Waals surface area contributed by atoms with Gasteiger partial charge in [0, 0.05) is 32.6 Å². The topological polar surface area (TPSA) is 98.8 Å². The molecule has 0 saturated carbocycles. The Kier molecular flexibility index (Phi) is 4.33. The third-order valence-electron chi connectivity index (χ3n) is 3.93. The zero-order valence-electron chi connectivity index (χ0n) is 13.3. The summed E-state index contributed by atoms with van der Waals surface area (Å²) in [5, 5.41) is 16.3. The number of piperidine rings is 1. The first kappa shape index (κ1) is 15.9. The normalized spacial score (nSPS) is 19.2. The summed E-state index contributed by atoms with van der Waals surface area (Å²) in [4.78, 5) is 2.07. The first-order chi connectivity index (χ1) is 10.9. The van der Waals surface area contributed by atoms with Gasteiger partial charge in [-0.1, -0.05) is 5.10 Å². The third kappa shape index (κ3) is 4.06. The molecule has 0 aromatic carbocycles. The molecule has 3 rings (SSSR count). The van der Waals surface area contributed by atoms with Gasteiger partial charge in [-0.15, -0.1) is 0 Å². The van der Waals surface area contributed by atoms with Crippen LogP contribution in [-0.4, -0.2) is 63.5 Å². The molecule has 1 saturated heterocycles. The van der Waals surface area contributed by atoms with Gasteiger partial charge in [-0.3, -0.25) is 4.68 Å². The van der Waals surface area contributed by atoms with Gasteiger partial charge in [0.1, 0.15) is 9.84 Å². The van der Waals surface area contributed by atoms with Gasteiger partial charge in [0.15, 0.2) is 0 Å². The largest absolute Gasteiger partial charge is 0.339 e. The molecule has 10 heteroatoms. The van der Waals surface area contributed by atoms with Crippen molar-refractivity contribution >= 4 is 15.8 Å². The maximum atomic E-state index is 11.5. The van der Waals surface area contributed by atoms with Crippen molar-refractivity contribution < 1.29 is 8.42 Å². The minimum Gasteiger partial charge on any atom is -0.339 e. The van der Waals surface area contributed by atoms with E-state index in [-0.39, 0.29) is 11.7 Å². The number of hydrogen-bond acceptors (Lipinski definition) is 7. The van der Waals surface area contributed by atoms with Crippen LogP contribution in [0.1, 0.15) is 18.5 Å². The maximum absolute atomic E-state index is 11.5. The SMILES string of the molecule is Cn1ccc(Cn2nnnc2N2CCCC(CS(C)(=O)=O)C2)n1. The van der Waals surface area contributed by atoms with Crippen molar-refractivity contribution in [3.05, 3.63) is 18.0 Å². The lowest BCUT2D eigenvalue weighted by molar-refractivity contribution is 0.434. The quantitative estimate of drug-likeness (QED) is 0.738. The Hall–Kier alpha value is -1.97. The molecule has 0 radical (unpaired) electrons. The number of rotatable bonds is 5. The van der Waals surface area contributed by atoms with E-state index in [4.69, 9.17) is 0 Å². The molecule has 3 heterocycles. The summed E-state index contributed by atoms with van der Waals surface area (Å²) >= 11 is 0. The summed E-state index contributed by atoms with van der Waals surface area (Å²) in [6.45, 7) is 1.99. The summed E-state index contributed by atoms with van der Waals surface area (Å²) in [5.74, 6) is 1.01. The van der Waals surface area contributed by atoms with Crippen molar-refractivity contribution in [3.63, 3.8) is 0 Å². The van der Waals surface area contributed by atoms with Gasteiger partial charge < -0.3 is 4.90 Å². The first-order valence-corrected chi connectivity index (χ1v) is 9.64. The van der Waals surface area contributed by atoms with E-state index in [0.29, 0.717) is 19.0 Å². The highest BCUT2D eigenvalue weighted by Gasteiger charge is 2.26. The van der Waals surface area contributed by atoms with E-state index in [1.807, 2.05) is 19.3 Å². The maximum Gasteiger partial charge on any atom is 0.245 e. The summed E-state index contributed by atoms with van der Waals surface area (Å²) in [5.41, 5.74) is 0.880. The van der Waals surface area contributed by atoms with Crippen LogP contribution in [0.4, 0.5) is 5.95 Å². The molecule has 23 heavy (non-hydrogen) atoms. The van der Waals surface area contributed by atoms with Gasteiger partial charge in [0.05, 0.1) is 18.0 Å². The molecule has 1 unspecified atom stereocenters. The van der Waals surface area contributed by atoms with Crippen LogP contribution in [0.5, 0.6) is 0 Å². The van der Waals surface area contributed by atoms with Crippen LogP contribution in [0.15, 0.2) is 12.3 Å². The minimum atomic E-state index is -2.97. The van der Waals surface area contributed by atoms with Crippen LogP contribution in [0.2, 0.25) is 0 Å². The second-order valence-electron chi connectivity index (χ2n) is 6.16. The standard InChI is InChI=1S/C13H21N7O2S/c1-18-7-5-12(15-18)9-20-13(14-16-17-20)19-6-3-4-11(8-19)10-23(2,21)22/h5,7,11H,3-4,6,8-10H2,1-2H3. The van der Waals surface area contributed by atoms with E-state index >= 15 is 0 Å². The van der Waals surface area contributed by atoms with E-state index in [0.717, 1.165) is 25.1 Å². The van der Waals surface area contributed by atoms with Crippen LogP contribution >= 0.6 is 0 Å². The molecule has 0 bridgehead atoms. The highest BCUT2D eigenvalue weighted by Crippen LogP contribution is 2.22. The Labute approximate surface area is 135 Å². The molecule has 0 aliphatic carbocycles. The van der Waals surface area contributed by atoms with E-state index in [2.05, 4.69) is 25.5 Å². The zero-order chi connectivity index (χ0) is 16.4. The number of hydrogen-bond donors (Lipinski definition) is 0. The Morgan fingerprint density at radius 3 is 2.91 bits per heavy atom. The van der Waals surface area contributed by atoms with Crippen molar-refractivity contribution in [2.45, 2.75) is 19.4 Å². The average molecular weight is 339 g/mol. The molecule has 1 aliphatic heterocycles. The highest BCUT2D eigenvalue weighted by atomic mass is 32.2. The van der Waals surface area contributed by atoms with Gasteiger partial charge in [-0.25, -0.2) is 13.1 Å². The fourth-order valence-corrected chi connectivity index (χ4v) is 4.17. The Morgan fingerprint density at radius 2 is 2.22 bits per heavy atom. The molecule has 9 nitrogen and oxygen atoms in total. The molecule has 2 aromatic rings. The van der Waals surface area contributed by atoms with E-state index in [9.17, 15) is 8.42 Å². The summed E-state index contributed by atoms with van der Waals surface area (Å²) in [6.07, 6.45) is 5.03. The molecule has 1 fully saturated rings. The Bertz CT molecular complexity index is 767. The van der Waals surface area contributed by atoms with Crippen LogP contribution in [0, 0.1) is 5.92 Å². The van der Waals surface area contributed by atoms with Crippen molar-refractivity contribution in [2.75, 3.05) is 30.0 Å². The predicted molar refractivity (Wildman–Crippen MR) is 84.8 cm³/mol. The summed E-state index contributed by atoms with van der Waals surface area (Å²) < 4.78 is 26.5. The number of aryl methyl sites for hydroxylation is 1. The van der Waals surface area contributed by atoms with Crippen LogP contribution < -0.4 is 4.90 Å². The molecule has 0 N–H and O–H groups in total. The Balaban J connectivity index is 1.73. The first-order valence-electron chi connectivity index (χ1n) is 7.58. The summed E-state index contributed by atoms with van der Waals surface area (Å²) in [7, 11) is -1.10. The summed E-state index contributed by atoms with van der Waals surface area (Å²) in [6, 6.07) is 1.92. The van der Waals surface area contributed by atoms with Gasteiger partial charge in [-0.2, -0.15) is 5.10 Å². The van der Waals surface area contributed by atoms with Crippen molar-refractivity contribution in [2.24, 2.45) is 13.0 Å². The smallest absolute Gasteiger partial charge is 0.245 e. The van der Waals surface area contributed by atoms with Gasteiger partial charge in [0.2, 0.25) is 5.95 Å². The van der Waals surface area contributed by atoms with E-state index in [1.165, 1.54) is 6.26 Å². The van der Waals surface area contributed by atoms with Crippen molar-refractivity contribution in [3.8, 4) is 0 Å². The molecule has 1 atom stereocenters.